The summed E-state index contributed by atoms with van der Waals surface area (Å²) in [5, 5.41) is 10.9. The minimum atomic E-state index is -0.0519. The number of fused-ring (bicyclic) bond motifs is 1. The van der Waals surface area contributed by atoms with Crippen LogP contribution in [0.2, 0.25) is 0 Å². The number of benzene rings is 5. The van der Waals surface area contributed by atoms with Crippen LogP contribution >= 0.6 is 0 Å². The molecule has 2 aromatic heterocycles. The number of piperidine rings is 1. The average molecular weight is 804 g/mol. The second-order valence-electron chi connectivity index (χ2n) is 17.3. The van der Waals surface area contributed by atoms with Crippen molar-refractivity contribution in [3.05, 3.63) is 178 Å². The standard InChI is InChI=1S/C55H53N3O3/c1-5-47(40-9-7-6-8-10-40)52(42-17-22-45(59)23-18-42)41-15-20-44(21-16-41)58-31-28-55(29-32-58)34-39(35-55)12-11-38-13-24-46(25-14-38)61-51-26-19-43(37(2)3)33-49(51)50-36-57(4)54(60)53-48(50)27-30-56-53/h6-10,13-27,30,33,36-37,39,56,59H,5,28-29,31-32,34-35H2,1-4H3/b52-47+. The van der Waals surface area contributed by atoms with E-state index in [-0.39, 0.29) is 11.3 Å². The van der Waals surface area contributed by atoms with E-state index < -0.39 is 0 Å². The van der Waals surface area contributed by atoms with Crippen LogP contribution in [0.25, 0.3) is 33.2 Å². The van der Waals surface area contributed by atoms with E-state index in [2.05, 4.69) is 109 Å². The van der Waals surface area contributed by atoms with Crippen molar-refractivity contribution in [2.75, 3.05) is 18.0 Å². The van der Waals surface area contributed by atoms with Crippen molar-refractivity contribution in [2.45, 2.75) is 58.8 Å². The van der Waals surface area contributed by atoms with Crippen LogP contribution in [0, 0.1) is 23.2 Å². The van der Waals surface area contributed by atoms with Crippen molar-refractivity contribution in [1.29, 1.82) is 0 Å². The fraction of sp³-hybridized carbons (Fsp3) is 0.255. The summed E-state index contributed by atoms with van der Waals surface area (Å²) in [6.07, 6.45) is 9.35. The number of nitrogens with zero attached hydrogens (tertiary/aromatic N) is 2. The molecule has 0 unspecified atom stereocenters. The molecule has 1 saturated carbocycles. The lowest BCUT2D eigenvalue weighted by Gasteiger charge is -2.51. The molecule has 2 N–H and O–H groups in total. The number of nitrogens with one attached hydrogen (secondary N) is 1. The molecule has 0 atom stereocenters. The lowest BCUT2D eigenvalue weighted by molar-refractivity contribution is 0.0576. The molecule has 9 rings (SSSR count). The van der Waals surface area contributed by atoms with E-state index in [0.717, 1.165) is 58.6 Å². The Hall–Kier alpha value is -6.71. The number of H-pyrrole nitrogens is 1. The summed E-state index contributed by atoms with van der Waals surface area (Å²) < 4.78 is 8.16. The molecular weight excluding hydrogens is 751 g/mol. The number of aromatic nitrogens is 2. The number of anilines is 1. The largest absolute Gasteiger partial charge is 0.508 e. The van der Waals surface area contributed by atoms with E-state index in [9.17, 15) is 9.90 Å². The molecule has 1 saturated heterocycles. The number of hydrogen-bond acceptors (Lipinski definition) is 4. The Labute approximate surface area is 359 Å². The fourth-order valence-corrected chi connectivity index (χ4v) is 9.49. The zero-order chi connectivity index (χ0) is 42.1. The average Bonchev–Trinajstić information content (AvgIpc) is 3.78. The Balaban J connectivity index is 0.835. The molecule has 3 heterocycles. The van der Waals surface area contributed by atoms with Gasteiger partial charge < -0.3 is 24.3 Å². The van der Waals surface area contributed by atoms with Crippen LogP contribution in [0.15, 0.2) is 145 Å². The first-order chi connectivity index (χ1) is 29.7. The van der Waals surface area contributed by atoms with Gasteiger partial charge in [-0.05, 0) is 144 Å². The maximum absolute atomic E-state index is 12.8. The molecule has 1 aliphatic carbocycles. The highest BCUT2D eigenvalue weighted by atomic mass is 16.5. The van der Waals surface area contributed by atoms with E-state index in [1.54, 1.807) is 23.7 Å². The molecule has 0 amide bonds. The summed E-state index contributed by atoms with van der Waals surface area (Å²) in [5.74, 6) is 9.60. The molecule has 6 nitrogen and oxygen atoms in total. The van der Waals surface area contributed by atoms with Gasteiger partial charge in [-0.1, -0.05) is 93.3 Å². The van der Waals surface area contributed by atoms with Crippen LogP contribution in [0.5, 0.6) is 17.2 Å². The normalized spacial score (nSPS) is 15.3. The molecule has 1 spiro atoms. The molecule has 0 radical (unpaired) electrons. The van der Waals surface area contributed by atoms with Gasteiger partial charge in [0.25, 0.3) is 5.56 Å². The quantitative estimate of drug-likeness (QED) is 0.113. The summed E-state index contributed by atoms with van der Waals surface area (Å²) in [4.78, 5) is 18.5. The fourth-order valence-electron chi connectivity index (χ4n) is 9.49. The predicted octanol–water partition coefficient (Wildman–Crippen LogP) is 12.6. The van der Waals surface area contributed by atoms with E-state index in [0.29, 0.717) is 22.8 Å². The van der Waals surface area contributed by atoms with E-state index in [1.807, 2.05) is 60.9 Å². The first kappa shape index (κ1) is 39.7. The van der Waals surface area contributed by atoms with Crippen molar-refractivity contribution >= 4 is 27.7 Å². The van der Waals surface area contributed by atoms with Gasteiger partial charge in [-0.25, -0.2) is 0 Å². The topological polar surface area (TPSA) is 70.5 Å². The van der Waals surface area contributed by atoms with Crippen LogP contribution in [0.1, 0.15) is 86.6 Å². The van der Waals surface area contributed by atoms with Crippen molar-refractivity contribution in [1.82, 2.24) is 9.55 Å². The maximum Gasteiger partial charge on any atom is 0.274 e. The number of phenols is 1. The Morgan fingerprint density at radius 2 is 1.52 bits per heavy atom. The van der Waals surface area contributed by atoms with Crippen LogP contribution in [-0.2, 0) is 7.05 Å². The van der Waals surface area contributed by atoms with Gasteiger partial charge in [-0.3, -0.25) is 4.79 Å². The number of allylic oxidation sites excluding steroid dienone is 1. The van der Waals surface area contributed by atoms with Gasteiger partial charge in [0.2, 0.25) is 0 Å². The van der Waals surface area contributed by atoms with E-state index >= 15 is 0 Å². The third-order valence-electron chi connectivity index (χ3n) is 13.0. The lowest BCUT2D eigenvalue weighted by atomic mass is 9.58. The van der Waals surface area contributed by atoms with Gasteiger partial charge in [-0.2, -0.15) is 0 Å². The minimum Gasteiger partial charge on any atom is -0.508 e. The highest BCUT2D eigenvalue weighted by Gasteiger charge is 2.45. The summed E-state index contributed by atoms with van der Waals surface area (Å²) in [7, 11) is 1.79. The minimum absolute atomic E-state index is 0.0519. The summed E-state index contributed by atoms with van der Waals surface area (Å²) >= 11 is 0. The molecule has 306 valence electrons. The molecule has 6 heteroatoms. The zero-order valence-corrected chi connectivity index (χ0v) is 35.5. The molecule has 2 aliphatic rings. The highest BCUT2D eigenvalue weighted by molar-refractivity contribution is 5.99. The van der Waals surface area contributed by atoms with Gasteiger partial charge in [0.05, 0.1) is 0 Å². The Kier molecular flexibility index (Phi) is 10.9. The Morgan fingerprint density at radius 1 is 0.836 bits per heavy atom. The van der Waals surface area contributed by atoms with Crippen LogP contribution < -0.4 is 15.2 Å². The molecule has 5 aromatic carbocycles. The summed E-state index contributed by atoms with van der Waals surface area (Å²) in [6.45, 7) is 8.71. The second-order valence-corrected chi connectivity index (χ2v) is 17.3. The number of aryl methyl sites for hydroxylation is 1. The van der Waals surface area contributed by atoms with Crippen molar-refractivity contribution in [2.24, 2.45) is 18.4 Å². The molecule has 0 bridgehead atoms. The maximum atomic E-state index is 12.8. The van der Waals surface area contributed by atoms with Gasteiger partial charge in [0.1, 0.15) is 22.8 Å². The third-order valence-corrected chi connectivity index (χ3v) is 13.0. The van der Waals surface area contributed by atoms with Crippen LogP contribution in [0.4, 0.5) is 5.69 Å². The van der Waals surface area contributed by atoms with Crippen LogP contribution in [0.3, 0.4) is 0 Å². The third kappa shape index (κ3) is 8.13. The number of pyridine rings is 1. The summed E-state index contributed by atoms with van der Waals surface area (Å²) in [6, 6.07) is 43.7. The molecule has 2 fully saturated rings. The summed E-state index contributed by atoms with van der Waals surface area (Å²) in [5.41, 5.74) is 12.3. The van der Waals surface area contributed by atoms with Gasteiger partial charge >= 0.3 is 0 Å². The monoisotopic (exact) mass is 803 g/mol. The SMILES string of the molecule is CC/C(=C(\c1ccc(O)cc1)c1ccc(N2CCC3(CC2)CC(C#Cc2ccc(Oc4ccc(C(C)C)cc4-c4cn(C)c(=O)c5[nH]ccc45)cc2)C3)cc1)c1ccccc1. The second kappa shape index (κ2) is 16.7. The van der Waals surface area contributed by atoms with E-state index in [4.69, 9.17) is 4.74 Å². The first-order valence-electron chi connectivity index (χ1n) is 21.7. The lowest BCUT2D eigenvalue weighted by Crippen LogP contribution is -2.46. The van der Waals surface area contributed by atoms with Crippen molar-refractivity contribution in [3.63, 3.8) is 0 Å². The number of phenolic OH excluding ortho intramolecular Hbond substituents is 1. The number of aromatic hydroxyl groups is 1. The van der Waals surface area contributed by atoms with Crippen molar-refractivity contribution < 1.29 is 9.84 Å². The van der Waals surface area contributed by atoms with Crippen LogP contribution in [-0.4, -0.2) is 27.7 Å². The van der Waals surface area contributed by atoms with Gasteiger partial charge in [0.15, 0.2) is 0 Å². The Bertz CT molecular complexity index is 2820. The molecular formula is C55H53N3O3. The van der Waals surface area contributed by atoms with Crippen molar-refractivity contribution in [3.8, 4) is 40.2 Å². The first-order valence-corrected chi connectivity index (χ1v) is 21.7. The highest BCUT2D eigenvalue weighted by Crippen LogP contribution is 2.53. The molecule has 1 aliphatic heterocycles. The number of aromatic amines is 1. The van der Waals surface area contributed by atoms with E-state index in [1.165, 1.54) is 59.2 Å². The number of rotatable bonds is 9. The molecule has 7 aromatic rings. The Morgan fingerprint density at radius 3 is 2.20 bits per heavy atom. The smallest absolute Gasteiger partial charge is 0.274 e. The van der Waals surface area contributed by atoms with Gasteiger partial charge in [0, 0.05) is 66.2 Å². The predicted molar refractivity (Wildman–Crippen MR) is 250 cm³/mol. The van der Waals surface area contributed by atoms with Gasteiger partial charge in [-0.15, -0.1) is 0 Å². The number of hydrogen-bond donors (Lipinski definition) is 2. The zero-order valence-electron chi connectivity index (χ0n) is 35.5. The number of ether oxygens (including phenoxy) is 1. The molecule has 61 heavy (non-hydrogen) atoms.